The number of carbonyl (C=O) groups excluding carboxylic acids is 1. The summed E-state index contributed by atoms with van der Waals surface area (Å²) in [6.45, 7) is -2.96. The maximum Gasteiger partial charge on any atom is 0.387 e. The van der Waals surface area contributed by atoms with E-state index in [0.29, 0.717) is 16.9 Å². The first kappa shape index (κ1) is 19.2. The van der Waals surface area contributed by atoms with E-state index in [1.807, 2.05) is 6.26 Å². The molecule has 11 heteroatoms. The van der Waals surface area contributed by atoms with E-state index in [1.54, 1.807) is 36.7 Å². The molecule has 2 aromatic heterocycles. The zero-order chi connectivity index (χ0) is 20.4. The van der Waals surface area contributed by atoms with Crippen molar-refractivity contribution < 1.29 is 18.3 Å². The van der Waals surface area contributed by atoms with Crippen LogP contribution in [0.3, 0.4) is 0 Å². The number of nitrogens with zero attached hydrogens (tertiary/aromatic N) is 3. The third-order valence-corrected chi connectivity index (χ3v) is 5.00. The summed E-state index contributed by atoms with van der Waals surface area (Å²) in [5, 5.41) is 6.91. The standard InChI is InChI=1S/C18H16F2N6O2S/c1-29-10-4-5-14(28-18(19)20)11(7-10)16-12(8-22-25-16)24-17(27)13-9-21-15-3-2-6-23-26(13)15/h2-9,16,18,22,25H,1H3,(H,24,27). The lowest BCUT2D eigenvalue weighted by Gasteiger charge is -2.20. The van der Waals surface area contributed by atoms with E-state index >= 15 is 0 Å². The lowest BCUT2D eigenvalue weighted by Crippen LogP contribution is -2.31. The second-order valence-electron chi connectivity index (χ2n) is 5.99. The monoisotopic (exact) mass is 418 g/mol. The number of imidazole rings is 1. The highest BCUT2D eigenvalue weighted by Crippen LogP contribution is 2.34. The predicted molar refractivity (Wildman–Crippen MR) is 102 cm³/mol. The summed E-state index contributed by atoms with van der Waals surface area (Å²) in [6, 6.07) is 7.76. The van der Waals surface area contributed by atoms with Crippen LogP contribution in [0.25, 0.3) is 5.65 Å². The molecule has 8 nitrogen and oxygen atoms in total. The molecule has 1 aliphatic rings. The molecule has 3 heterocycles. The normalized spacial score (nSPS) is 16.0. The van der Waals surface area contributed by atoms with Gasteiger partial charge in [-0.05, 0) is 36.6 Å². The lowest BCUT2D eigenvalue weighted by atomic mass is 10.0. The number of alkyl halides is 2. The van der Waals surface area contributed by atoms with Crippen LogP contribution in [0.15, 0.2) is 59.5 Å². The fourth-order valence-electron chi connectivity index (χ4n) is 2.98. The predicted octanol–water partition coefficient (Wildman–Crippen LogP) is 2.47. The van der Waals surface area contributed by atoms with Crippen LogP contribution >= 0.6 is 11.8 Å². The molecule has 0 saturated heterocycles. The summed E-state index contributed by atoms with van der Waals surface area (Å²) >= 11 is 1.47. The maximum absolute atomic E-state index is 12.8. The number of rotatable bonds is 6. The molecule has 1 unspecified atom stereocenters. The number of thioether (sulfide) groups is 1. The van der Waals surface area contributed by atoms with Crippen molar-refractivity contribution in [3.8, 4) is 5.75 Å². The maximum atomic E-state index is 12.8. The van der Waals surface area contributed by atoms with Crippen molar-refractivity contribution in [3.05, 3.63) is 65.9 Å². The summed E-state index contributed by atoms with van der Waals surface area (Å²) in [6.07, 6.45) is 6.40. The van der Waals surface area contributed by atoms with Crippen molar-refractivity contribution in [2.75, 3.05) is 6.26 Å². The number of hydrogen-bond acceptors (Lipinski definition) is 7. The minimum Gasteiger partial charge on any atom is -0.434 e. The van der Waals surface area contributed by atoms with Gasteiger partial charge in [0.25, 0.3) is 5.91 Å². The van der Waals surface area contributed by atoms with Crippen LogP contribution in [-0.4, -0.2) is 33.4 Å². The average molecular weight is 418 g/mol. The number of hydrogen-bond donors (Lipinski definition) is 3. The van der Waals surface area contributed by atoms with Crippen LogP contribution in [0.5, 0.6) is 5.75 Å². The molecule has 4 rings (SSSR count). The van der Waals surface area contributed by atoms with E-state index in [0.717, 1.165) is 4.90 Å². The summed E-state index contributed by atoms with van der Waals surface area (Å²) in [7, 11) is 0. The number of nitrogens with one attached hydrogen (secondary N) is 3. The SMILES string of the molecule is CSc1ccc(OC(F)F)c(C2NNC=C2NC(=O)c2cnc3cccnn23)c1. The van der Waals surface area contributed by atoms with Gasteiger partial charge in [-0.1, -0.05) is 0 Å². The largest absolute Gasteiger partial charge is 0.434 e. The van der Waals surface area contributed by atoms with E-state index in [2.05, 4.69) is 31.0 Å². The minimum absolute atomic E-state index is 0.0237. The molecule has 1 aromatic carbocycles. The van der Waals surface area contributed by atoms with Crippen molar-refractivity contribution in [2.24, 2.45) is 0 Å². The van der Waals surface area contributed by atoms with Crippen LogP contribution in [0.2, 0.25) is 0 Å². The Labute approximate surface area is 168 Å². The highest BCUT2D eigenvalue weighted by atomic mass is 32.2. The molecule has 0 fully saturated rings. The Balaban J connectivity index is 1.62. The van der Waals surface area contributed by atoms with Crippen molar-refractivity contribution in [2.45, 2.75) is 17.5 Å². The summed E-state index contributed by atoms with van der Waals surface area (Å²) in [4.78, 5) is 17.8. The summed E-state index contributed by atoms with van der Waals surface area (Å²) < 4.78 is 31.8. The van der Waals surface area contributed by atoms with E-state index in [4.69, 9.17) is 0 Å². The van der Waals surface area contributed by atoms with Crippen molar-refractivity contribution in [1.82, 2.24) is 30.8 Å². The fraction of sp³-hybridized carbons (Fsp3) is 0.167. The molecular weight excluding hydrogens is 402 g/mol. The third-order valence-electron chi connectivity index (χ3n) is 4.28. The number of benzene rings is 1. The van der Waals surface area contributed by atoms with Gasteiger partial charge in [0.2, 0.25) is 0 Å². The van der Waals surface area contributed by atoms with E-state index in [1.165, 1.54) is 28.5 Å². The van der Waals surface area contributed by atoms with Gasteiger partial charge < -0.3 is 15.5 Å². The quantitative estimate of drug-likeness (QED) is 0.530. The van der Waals surface area contributed by atoms with Crippen molar-refractivity contribution in [3.63, 3.8) is 0 Å². The molecular formula is C18H16F2N6O2S. The van der Waals surface area contributed by atoms with Crippen LogP contribution in [-0.2, 0) is 0 Å². The van der Waals surface area contributed by atoms with E-state index in [-0.39, 0.29) is 11.4 Å². The molecule has 150 valence electrons. The number of halogens is 2. The Morgan fingerprint density at radius 1 is 1.38 bits per heavy atom. The average Bonchev–Trinajstić information content (AvgIpc) is 3.34. The topological polar surface area (TPSA) is 92.6 Å². The smallest absolute Gasteiger partial charge is 0.387 e. The lowest BCUT2D eigenvalue weighted by molar-refractivity contribution is -0.0506. The molecule has 3 N–H and O–H groups in total. The molecule has 0 spiro atoms. The molecule has 1 atom stereocenters. The van der Waals surface area contributed by atoms with E-state index < -0.39 is 18.6 Å². The Bertz CT molecular complexity index is 1090. The van der Waals surface area contributed by atoms with Gasteiger partial charge in [-0.2, -0.15) is 13.9 Å². The first-order chi connectivity index (χ1) is 14.1. The molecule has 0 radical (unpaired) electrons. The second kappa shape index (κ2) is 8.05. The number of amides is 1. The highest BCUT2D eigenvalue weighted by Gasteiger charge is 2.28. The molecule has 1 aliphatic heterocycles. The van der Waals surface area contributed by atoms with Crippen molar-refractivity contribution >= 4 is 23.3 Å². The Morgan fingerprint density at radius 2 is 2.24 bits per heavy atom. The Kier molecular flexibility index (Phi) is 5.32. The fourth-order valence-corrected chi connectivity index (χ4v) is 3.43. The summed E-state index contributed by atoms with van der Waals surface area (Å²) in [5.41, 5.74) is 7.44. The molecule has 0 bridgehead atoms. The molecule has 0 saturated carbocycles. The third kappa shape index (κ3) is 3.87. The van der Waals surface area contributed by atoms with Gasteiger partial charge in [0.15, 0.2) is 11.3 Å². The van der Waals surface area contributed by atoms with Crippen LogP contribution < -0.4 is 20.9 Å². The van der Waals surface area contributed by atoms with Gasteiger partial charge in [0.1, 0.15) is 5.75 Å². The second-order valence-corrected chi connectivity index (χ2v) is 6.87. The summed E-state index contributed by atoms with van der Waals surface area (Å²) in [5.74, 6) is -0.411. The number of aromatic nitrogens is 3. The zero-order valence-corrected chi connectivity index (χ0v) is 15.9. The van der Waals surface area contributed by atoms with Gasteiger partial charge in [0, 0.05) is 22.9 Å². The number of fused-ring (bicyclic) bond motifs is 1. The van der Waals surface area contributed by atoms with Gasteiger partial charge >= 0.3 is 6.61 Å². The molecule has 0 aliphatic carbocycles. The van der Waals surface area contributed by atoms with Gasteiger partial charge in [0.05, 0.1) is 17.9 Å². The molecule has 1 amide bonds. The van der Waals surface area contributed by atoms with Gasteiger partial charge in [-0.3, -0.25) is 4.79 Å². The zero-order valence-electron chi connectivity index (χ0n) is 15.1. The van der Waals surface area contributed by atoms with Crippen LogP contribution in [0.4, 0.5) is 8.78 Å². The van der Waals surface area contributed by atoms with Gasteiger partial charge in [-0.25, -0.2) is 14.9 Å². The van der Waals surface area contributed by atoms with E-state index in [9.17, 15) is 13.6 Å². The highest BCUT2D eigenvalue weighted by molar-refractivity contribution is 7.98. The Hall–Kier alpha value is -3.18. The minimum atomic E-state index is -2.96. The van der Waals surface area contributed by atoms with Crippen molar-refractivity contribution in [1.29, 1.82) is 0 Å². The molecule has 29 heavy (non-hydrogen) atoms. The van der Waals surface area contributed by atoms with Crippen LogP contribution in [0, 0.1) is 0 Å². The molecule has 3 aromatic rings. The Morgan fingerprint density at radius 3 is 3.03 bits per heavy atom. The number of carbonyl (C=O) groups is 1. The number of hydrazine groups is 1. The van der Waals surface area contributed by atoms with Gasteiger partial charge in [-0.15, -0.1) is 11.8 Å². The van der Waals surface area contributed by atoms with Crippen LogP contribution in [0.1, 0.15) is 22.1 Å². The first-order valence-corrected chi connectivity index (χ1v) is 9.73. The number of ether oxygens (including phenoxy) is 1. The first-order valence-electron chi connectivity index (χ1n) is 8.51.